The van der Waals surface area contributed by atoms with E-state index in [0.717, 1.165) is 49.4 Å². The topological polar surface area (TPSA) is 110 Å². The molecular formula is C36H71NO4. The van der Waals surface area contributed by atoms with E-state index in [0.29, 0.717) is 12.8 Å². The standard InChI is InChI=1S/C36H68O4.H3N/c1-3-5-7-17-23-31-29-30-32(24-18-13-12-16-22-28-36(39)40)34(33(31)25-19-8-6-4-2)26-20-14-10-9-11-15-21-27-35(37)38;/h31-34H,3-30H2,1-2H3,(H,37,38)(H,39,40);1H3. The summed E-state index contributed by atoms with van der Waals surface area (Å²) < 4.78 is 0. The summed E-state index contributed by atoms with van der Waals surface area (Å²) in [7, 11) is 0. The minimum Gasteiger partial charge on any atom is -0.481 e. The van der Waals surface area contributed by atoms with Gasteiger partial charge in [0, 0.05) is 12.8 Å². The maximum Gasteiger partial charge on any atom is 0.303 e. The SMILES string of the molecule is CCCCCCC1CCC(CCCCCCCC(=O)O)C(CCCCCCCCCC(=O)O)C1CCCCCC.N. The van der Waals surface area contributed by atoms with Gasteiger partial charge in [-0.05, 0) is 62.2 Å². The van der Waals surface area contributed by atoms with Crippen molar-refractivity contribution in [2.24, 2.45) is 23.7 Å². The molecular weight excluding hydrogens is 510 g/mol. The largest absolute Gasteiger partial charge is 0.481 e. The maximum absolute atomic E-state index is 10.8. The molecule has 1 fully saturated rings. The fraction of sp³-hybridized carbons (Fsp3) is 0.944. The molecule has 5 heteroatoms. The third-order valence-electron chi connectivity index (χ3n) is 9.88. The molecule has 1 aliphatic rings. The zero-order valence-corrected chi connectivity index (χ0v) is 27.5. The molecule has 1 aliphatic carbocycles. The lowest BCUT2D eigenvalue weighted by molar-refractivity contribution is -0.138. The highest BCUT2D eigenvalue weighted by molar-refractivity contribution is 5.66. The predicted octanol–water partition coefficient (Wildman–Crippen LogP) is 11.8. The Balaban J connectivity index is 0.0000160. The number of carbonyl (C=O) groups is 2. The van der Waals surface area contributed by atoms with Gasteiger partial charge in [0.25, 0.3) is 0 Å². The van der Waals surface area contributed by atoms with Crippen molar-refractivity contribution in [3.05, 3.63) is 0 Å². The molecule has 1 rings (SSSR count). The number of carboxylic acid groups (broad SMARTS) is 2. The second kappa shape index (κ2) is 27.7. The van der Waals surface area contributed by atoms with Crippen molar-refractivity contribution in [2.75, 3.05) is 0 Å². The van der Waals surface area contributed by atoms with Crippen LogP contribution >= 0.6 is 0 Å². The number of carboxylic acids is 2. The third kappa shape index (κ3) is 21.3. The van der Waals surface area contributed by atoms with E-state index in [1.165, 1.54) is 141 Å². The Morgan fingerprint density at radius 2 is 0.756 bits per heavy atom. The van der Waals surface area contributed by atoms with E-state index < -0.39 is 11.9 Å². The number of hydrogen-bond acceptors (Lipinski definition) is 3. The van der Waals surface area contributed by atoms with Crippen LogP contribution in [-0.4, -0.2) is 22.2 Å². The van der Waals surface area contributed by atoms with Gasteiger partial charge >= 0.3 is 11.9 Å². The first-order valence-electron chi connectivity index (χ1n) is 17.9. The molecule has 4 unspecified atom stereocenters. The summed E-state index contributed by atoms with van der Waals surface area (Å²) in [5.41, 5.74) is 0. The van der Waals surface area contributed by atoms with Crippen LogP contribution < -0.4 is 6.15 Å². The Bertz CT molecular complexity index is 610. The molecule has 0 spiro atoms. The van der Waals surface area contributed by atoms with Gasteiger partial charge in [0.1, 0.15) is 0 Å². The van der Waals surface area contributed by atoms with Gasteiger partial charge in [-0.1, -0.05) is 142 Å². The lowest BCUT2D eigenvalue weighted by Crippen LogP contribution is -2.35. The molecule has 0 radical (unpaired) electrons. The van der Waals surface area contributed by atoms with Crippen LogP contribution in [0, 0.1) is 23.7 Å². The molecule has 0 heterocycles. The van der Waals surface area contributed by atoms with Crippen LogP contribution in [-0.2, 0) is 9.59 Å². The summed E-state index contributed by atoms with van der Waals surface area (Å²) in [6, 6.07) is 0. The van der Waals surface area contributed by atoms with Gasteiger partial charge < -0.3 is 16.4 Å². The molecule has 5 N–H and O–H groups in total. The van der Waals surface area contributed by atoms with Gasteiger partial charge in [-0.2, -0.15) is 0 Å². The first-order chi connectivity index (χ1) is 19.5. The molecule has 1 saturated carbocycles. The molecule has 41 heavy (non-hydrogen) atoms. The predicted molar refractivity (Wildman–Crippen MR) is 175 cm³/mol. The molecule has 0 amide bonds. The van der Waals surface area contributed by atoms with E-state index in [-0.39, 0.29) is 6.15 Å². The summed E-state index contributed by atoms with van der Waals surface area (Å²) in [4.78, 5) is 21.5. The summed E-state index contributed by atoms with van der Waals surface area (Å²) >= 11 is 0. The van der Waals surface area contributed by atoms with Crippen LogP contribution in [0.4, 0.5) is 0 Å². The van der Waals surface area contributed by atoms with E-state index in [1.54, 1.807) is 0 Å². The Morgan fingerprint density at radius 3 is 1.10 bits per heavy atom. The van der Waals surface area contributed by atoms with Crippen LogP contribution in [0.25, 0.3) is 0 Å². The van der Waals surface area contributed by atoms with E-state index >= 15 is 0 Å². The van der Waals surface area contributed by atoms with Gasteiger partial charge in [0.2, 0.25) is 0 Å². The Hall–Kier alpha value is -1.10. The van der Waals surface area contributed by atoms with Crippen molar-refractivity contribution in [2.45, 2.75) is 194 Å². The van der Waals surface area contributed by atoms with Crippen LogP contribution in [0.15, 0.2) is 0 Å². The smallest absolute Gasteiger partial charge is 0.303 e. The lowest BCUT2D eigenvalue weighted by Gasteiger charge is -2.44. The molecule has 4 atom stereocenters. The van der Waals surface area contributed by atoms with Gasteiger partial charge in [0.05, 0.1) is 0 Å². The van der Waals surface area contributed by atoms with Crippen molar-refractivity contribution in [3.63, 3.8) is 0 Å². The number of rotatable bonds is 28. The first-order valence-corrected chi connectivity index (χ1v) is 17.9. The molecule has 0 aromatic rings. The number of unbranched alkanes of at least 4 members (excludes halogenated alkanes) is 16. The van der Waals surface area contributed by atoms with Crippen LogP contribution in [0.2, 0.25) is 0 Å². The van der Waals surface area contributed by atoms with Crippen LogP contribution in [0.1, 0.15) is 194 Å². The van der Waals surface area contributed by atoms with Crippen molar-refractivity contribution in [1.82, 2.24) is 6.15 Å². The lowest BCUT2D eigenvalue weighted by atomic mass is 9.61. The molecule has 0 saturated heterocycles. The second-order valence-electron chi connectivity index (χ2n) is 13.2. The average Bonchev–Trinajstić information content (AvgIpc) is 2.93. The highest BCUT2D eigenvalue weighted by Gasteiger charge is 2.37. The molecule has 5 nitrogen and oxygen atoms in total. The summed E-state index contributed by atoms with van der Waals surface area (Å²) in [6.07, 6.45) is 34.4. The van der Waals surface area contributed by atoms with Gasteiger partial charge in [0.15, 0.2) is 0 Å². The molecule has 0 aromatic heterocycles. The highest BCUT2D eigenvalue weighted by Crippen LogP contribution is 2.47. The van der Waals surface area contributed by atoms with Gasteiger partial charge in [-0.25, -0.2) is 0 Å². The first kappa shape index (κ1) is 39.9. The summed E-state index contributed by atoms with van der Waals surface area (Å²) in [5.74, 6) is 2.38. The quantitative estimate of drug-likeness (QED) is 0.0796. The number of hydrogen-bond donors (Lipinski definition) is 3. The Labute approximate surface area is 255 Å². The van der Waals surface area contributed by atoms with Crippen molar-refractivity contribution >= 4 is 11.9 Å². The molecule has 244 valence electrons. The van der Waals surface area contributed by atoms with E-state index in [2.05, 4.69) is 13.8 Å². The Morgan fingerprint density at radius 1 is 0.463 bits per heavy atom. The molecule has 0 bridgehead atoms. The van der Waals surface area contributed by atoms with Crippen molar-refractivity contribution < 1.29 is 19.8 Å². The minimum absolute atomic E-state index is 0. The van der Waals surface area contributed by atoms with Crippen molar-refractivity contribution in [3.8, 4) is 0 Å². The van der Waals surface area contributed by atoms with E-state index in [1.807, 2.05) is 0 Å². The van der Waals surface area contributed by atoms with Gasteiger partial charge in [-0.15, -0.1) is 0 Å². The number of aliphatic carboxylic acids is 2. The highest BCUT2D eigenvalue weighted by atomic mass is 16.4. The Kier molecular flexibility index (Phi) is 27.0. The fourth-order valence-electron chi connectivity index (χ4n) is 7.57. The van der Waals surface area contributed by atoms with E-state index in [4.69, 9.17) is 10.2 Å². The zero-order chi connectivity index (χ0) is 29.3. The van der Waals surface area contributed by atoms with Gasteiger partial charge in [-0.3, -0.25) is 9.59 Å². The third-order valence-corrected chi connectivity index (χ3v) is 9.88. The maximum atomic E-state index is 10.8. The zero-order valence-electron chi connectivity index (χ0n) is 27.5. The van der Waals surface area contributed by atoms with Crippen LogP contribution in [0.5, 0.6) is 0 Å². The normalized spacial score (nSPS) is 20.5. The fourth-order valence-corrected chi connectivity index (χ4v) is 7.57. The second-order valence-corrected chi connectivity index (χ2v) is 13.2. The molecule has 0 aliphatic heterocycles. The average molecular weight is 582 g/mol. The van der Waals surface area contributed by atoms with E-state index in [9.17, 15) is 9.59 Å². The summed E-state index contributed by atoms with van der Waals surface area (Å²) in [5, 5.41) is 17.7. The van der Waals surface area contributed by atoms with Crippen LogP contribution in [0.3, 0.4) is 0 Å². The van der Waals surface area contributed by atoms with Crippen molar-refractivity contribution in [1.29, 1.82) is 0 Å². The monoisotopic (exact) mass is 582 g/mol. The minimum atomic E-state index is -0.659. The molecule has 0 aromatic carbocycles. The summed E-state index contributed by atoms with van der Waals surface area (Å²) in [6.45, 7) is 4.64.